The predicted molar refractivity (Wildman–Crippen MR) is 94.8 cm³/mol. The Morgan fingerprint density at radius 1 is 1.32 bits per heavy atom. The van der Waals surface area contributed by atoms with Crippen LogP contribution >= 0.6 is 11.6 Å². The molecule has 22 heavy (non-hydrogen) atoms. The normalized spacial score (nSPS) is 14.9. The van der Waals surface area contributed by atoms with Crippen LogP contribution in [-0.4, -0.2) is 37.4 Å². The van der Waals surface area contributed by atoms with Gasteiger partial charge in [0.05, 0.1) is 5.69 Å². The van der Waals surface area contributed by atoms with Crippen molar-refractivity contribution in [2.45, 2.75) is 39.5 Å². The van der Waals surface area contributed by atoms with Gasteiger partial charge in [-0.15, -0.1) is 0 Å². The molecule has 0 atom stereocenters. The third-order valence-electron chi connectivity index (χ3n) is 3.97. The van der Waals surface area contributed by atoms with E-state index in [4.69, 9.17) is 16.3 Å². The van der Waals surface area contributed by atoms with E-state index in [9.17, 15) is 0 Å². The number of aliphatic imine (C=N–C) groups is 1. The Morgan fingerprint density at radius 2 is 2.14 bits per heavy atom. The van der Waals surface area contributed by atoms with Gasteiger partial charge in [0, 0.05) is 12.8 Å². The van der Waals surface area contributed by atoms with E-state index in [1.807, 2.05) is 25.1 Å². The summed E-state index contributed by atoms with van der Waals surface area (Å²) in [6.45, 7) is 8.07. The van der Waals surface area contributed by atoms with Gasteiger partial charge in [-0.2, -0.15) is 0 Å². The Labute approximate surface area is 139 Å². The van der Waals surface area contributed by atoms with Gasteiger partial charge in [-0.1, -0.05) is 37.4 Å². The zero-order valence-electron chi connectivity index (χ0n) is 13.7. The SMILES string of the molecule is CC=Nc1cccc(OCCN(CCC)CCC2CC2)c1Cl. The van der Waals surface area contributed by atoms with Crippen molar-refractivity contribution < 1.29 is 4.74 Å². The van der Waals surface area contributed by atoms with Crippen molar-refractivity contribution in [2.24, 2.45) is 10.9 Å². The number of halogens is 1. The summed E-state index contributed by atoms with van der Waals surface area (Å²) >= 11 is 6.32. The van der Waals surface area contributed by atoms with Crippen LogP contribution < -0.4 is 4.74 Å². The Kier molecular flexibility index (Phi) is 7.20. The fourth-order valence-corrected chi connectivity index (χ4v) is 2.79. The molecule has 0 bridgehead atoms. The van der Waals surface area contributed by atoms with Crippen molar-refractivity contribution in [3.8, 4) is 5.75 Å². The first kappa shape index (κ1) is 17.3. The van der Waals surface area contributed by atoms with Crippen LogP contribution in [0.15, 0.2) is 23.2 Å². The van der Waals surface area contributed by atoms with Crippen molar-refractivity contribution in [1.29, 1.82) is 0 Å². The number of ether oxygens (including phenoxy) is 1. The van der Waals surface area contributed by atoms with Crippen LogP contribution in [0, 0.1) is 5.92 Å². The minimum Gasteiger partial charge on any atom is -0.491 e. The zero-order valence-corrected chi connectivity index (χ0v) is 14.5. The number of benzene rings is 1. The van der Waals surface area contributed by atoms with Gasteiger partial charge in [-0.25, -0.2) is 0 Å². The van der Waals surface area contributed by atoms with Crippen LogP contribution in [0.5, 0.6) is 5.75 Å². The molecule has 0 radical (unpaired) electrons. The Hall–Kier alpha value is -1.06. The second-order valence-corrected chi connectivity index (χ2v) is 6.28. The van der Waals surface area contributed by atoms with E-state index in [0.29, 0.717) is 11.6 Å². The molecule has 1 saturated carbocycles. The molecular weight excluding hydrogens is 296 g/mol. The van der Waals surface area contributed by atoms with E-state index in [1.54, 1.807) is 6.21 Å². The number of hydrogen-bond donors (Lipinski definition) is 0. The molecule has 1 aromatic rings. The summed E-state index contributed by atoms with van der Waals surface area (Å²) in [5.41, 5.74) is 0.765. The maximum absolute atomic E-state index is 6.32. The van der Waals surface area contributed by atoms with E-state index >= 15 is 0 Å². The van der Waals surface area contributed by atoms with Gasteiger partial charge >= 0.3 is 0 Å². The minimum absolute atomic E-state index is 0.598. The molecule has 1 aliphatic carbocycles. The van der Waals surface area contributed by atoms with Crippen LogP contribution in [0.3, 0.4) is 0 Å². The van der Waals surface area contributed by atoms with Gasteiger partial charge < -0.3 is 4.74 Å². The molecule has 0 N–H and O–H groups in total. The van der Waals surface area contributed by atoms with Crippen molar-refractivity contribution in [2.75, 3.05) is 26.2 Å². The lowest BCUT2D eigenvalue weighted by Gasteiger charge is -2.22. The third kappa shape index (κ3) is 5.62. The average Bonchev–Trinajstić information content (AvgIpc) is 3.33. The Bertz CT molecular complexity index is 486. The van der Waals surface area contributed by atoms with Gasteiger partial charge in [0.15, 0.2) is 0 Å². The molecule has 122 valence electrons. The van der Waals surface area contributed by atoms with Crippen LogP contribution in [0.1, 0.15) is 39.5 Å². The molecule has 1 fully saturated rings. The summed E-state index contributed by atoms with van der Waals surface area (Å²) in [6, 6.07) is 5.74. The molecule has 0 heterocycles. The van der Waals surface area contributed by atoms with Gasteiger partial charge in [-0.3, -0.25) is 9.89 Å². The van der Waals surface area contributed by atoms with Crippen molar-refractivity contribution in [3.05, 3.63) is 23.2 Å². The van der Waals surface area contributed by atoms with Crippen molar-refractivity contribution in [1.82, 2.24) is 4.90 Å². The third-order valence-corrected chi connectivity index (χ3v) is 4.35. The molecule has 0 aromatic heterocycles. The monoisotopic (exact) mass is 322 g/mol. The highest BCUT2D eigenvalue weighted by Crippen LogP contribution is 2.34. The lowest BCUT2D eigenvalue weighted by atomic mass is 10.2. The summed E-state index contributed by atoms with van der Waals surface area (Å²) < 4.78 is 5.88. The maximum Gasteiger partial charge on any atom is 0.140 e. The summed E-state index contributed by atoms with van der Waals surface area (Å²) in [6.07, 6.45) is 7.12. The number of nitrogens with zero attached hydrogens (tertiary/aromatic N) is 2. The first-order valence-electron chi connectivity index (χ1n) is 8.37. The van der Waals surface area contributed by atoms with Crippen LogP contribution in [0.2, 0.25) is 5.02 Å². The molecule has 2 rings (SSSR count). The largest absolute Gasteiger partial charge is 0.491 e. The topological polar surface area (TPSA) is 24.8 Å². The summed E-state index contributed by atoms with van der Waals surface area (Å²) in [5.74, 6) is 1.71. The second kappa shape index (κ2) is 9.16. The molecule has 4 heteroatoms. The molecule has 0 unspecified atom stereocenters. The van der Waals surface area contributed by atoms with E-state index in [0.717, 1.165) is 30.4 Å². The fourth-order valence-electron chi connectivity index (χ4n) is 2.56. The summed E-state index contributed by atoms with van der Waals surface area (Å²) in [5, 5.41) is 0.598. The van der Waals surface area contributed by atoms with E-state index in [2.05, 4.69) is 16.8 Å². The molecular formula is C18H27ClN2O. The van der Waals surface area contributed by atoms with Gasteiger partial charge in [0.25, 0.3) is 0 Å². The Morgan fingerprint density at radius 3 is 2.82 bits per heavy atom. The molecule has 0 aliphatic heterocycles. The molecule has 0 amide bonds. The van der Waals surface area contributed by atoms with Gasteiger partial charge in [-0.05, 0) is 50.9 Å². The molecule has 1 aromatic carbocycles. The smallest absolute Gasteiger partial charge is 0.140 e. The first-order valence-corrected chi connectivity index (χ1v) is 8.74. The number of rotatable bonds is 10. The summed E-state index contributed by atoms with van der Waals surface area (Å²) in [4.78, 5) is 6.75. The highest BCUT2D eigenvalue weighted by Gasteiger charge is 2.21. The first-order chi connectivity index (χ1) is 10.7. The average molecular weight is 323 g/mol. The molecule has 0 saturated heterocycles. The maximum atomic E-state index is 6.32. The van der Waals surface area contributed by atoms with Gasteiger partial charge in [0.1, 0.15) is 17.4 Å². The van der Waals surface area contributed by atoms with Gasteiger partial charge in [0.2, 0.25) is 0 Å². The van der Waals surface area contributed by atoms with E-state index in [-0.39, 0.29) is 0 Å². The van der Waals surface area contributed by atoms with Crippen molar-refractivity contribution in [3.63, 3.8) is 0 Å². The molecule has 0 spiro atoms. The second-order valence-electron chi connectivity index (χ2n) is 5.90. The van der Waals surface area contributed by atoms with E-state index in [1.165, 1.54) is 32.2 Å². The highest BCUT2D eigenvalue weighted by molar-refractivity contribution is 6.34. The molecule has 1 aliphatic rings. The minimum atomic E-state index is 0.598. The van der Waals surface area contributed by atoms with E-state index < -0.39 is 0 Å². The van der Waals surface area contributed by atoms with Crippen molar-refractivity contribution >= 4 is 23.5 Å². The quantitative estimate of drug-likeness (QED) is 0.569. The Balaban J connectivity index is 1.81. The summed E-state index contributed by atoms with van der Waals surface area (Å²) in [7, 11) is 0. The highest BCUT2D eigenvalue weighted by atomic mass is 35.5. The predicted octanol–water partition coefficient (Wildman–Crippen LogP) is 4.95. The fraction of sp³-hybridized carbons (Fsp3) is 0.611. The van der Waals surface area contributed by atoms with Crippen LogP contribution in [0.25, 0.3) is 0 Å². The lowest BCUT2D eigenvalue weighted by molar-refractivity contribution is 0.204. The molecule has 3 nitrogen and oxygen atoms in total. The van der Waals surface area contributed by atoms with Crippen LogP contribution in [0.4, 0.5) is 5.69 Å². The standard InChI is InChI=1S/C18H27ClN2O/c1-3-11-21(12-10-15-8-9-15)13-14-22-17-7-5-6-16(18(17)19)20-4-2/h4-7,15H,3,8-14H2,1-2H3. The lowest BCUT2D eigenvalue weighted by Crippen LogP contribution is -2.30. The number of hydrogen-bond acceptors (Lipinski definition) is 3. The zero-order chi connectivity index (χ0) is 15.8. The van der Waals surface area contributed by atoms with Crippen LogP contribution in [-0.2, 0) is 0 Å².